The van der Waals surface area contributed by atoms with Crippen LogP contribution in [0.2, 0.25) is 0 Å². The molecule has 0 saturated heterocycles. The molecule has 4 nitrogen and oxygen atoms in total. The zero-order chi connectivity index (χ0) is 12.3. The van der Waals surface area contributed by atoms with Crippen molar-refractivity contribution in [2.75, 3.05) is 14.1 Å². The third-order valence-electron chi connectivity index (χ3n) is 3.17. The van der Waals surface area contributed by atoms with Crippen molar-refractivity contribution < 1.29 is 0 Å². The molecule has 4 heteroatoms. The van der Waals surface area contributed by atoms with Crippen molar-refractivity contribution in [1.82, 2.24) is 14.9 Å². The van der Waals surface area contributed by atoms with E-state index in [1.165, 1.54) is 24.1 Å². The van der Waals surface area contributed by atoms with Gasteiger partial charge < -0.3 is 4.90 Å². The van der Waals surface area contributed by atoms with E-state index in [1.54, 1.807) is 6.33 Å². The molecular formula is C13H20N4. The molecule has 0 aromatic carbocycles. The molecule has 0 unspecified atom stereocenters. The molecule has 0 radical (unpaired) electrons. The molecule has 1 aliphatic carbocycles. The fourth-order valence-electron chi connectivity index (χ4n) is 2.22. The summed E-state index contributed by atoms with van der Waals surface area (Å²) in [7, 11) is 4.05. The highest BCUT2D eigenvalue weighted by Crippen LogP contribution is 2.26. The Balaban J connectivity index is 2.38. The lowest BCUT2D eigenvalue weighted by Gasteiger charge is -2.18. The predicted molar refractivity (Wildman–Crippen MR) is 69.7 cm³/mol. The summed E-state index contributed by atoms with van der Waals surface area (Å²) in [6, 6.07) is 0. The van der Waals surface area contributed by atoms with Crippen molar-refractivity contribution in [2.24, 2.45) is 4.99 Å². The van der Waals surface area contributed by atoms with Gasteiger partial charge in [0.2, 0.25) is 0 Å². The topological polar surface area (TPSA) is 41.4 Å². The summed E-state index contributed by atoms with van der Waals surface area (Å²) in [6.45, 7) is 2.12. The first-order valence-corrected chi connectivity index (χ1v) is 6.30. The Labute approximate surface area is 103 Å². The maximum Gasteiger partial charge on any atom is 0.160 e. The summed E-state index contributed by atoms with van der Waals surface area (Å²) in [5, 5.41) is 0. The second-order valence-electron chi connectivity index (χ2n) is 4.61. The Bertz CT molecular complexity index is 423. The normalized spacial score (nSPS) is 15.6. The maximum absolute atomic E-state index is 4.68. The van der Waals surface area contributed by atoms with Crippen LogP contribution in [-0.4, -0.2) is 34.8 Å². The third-order valence-corrected chi connectivity index (χ3v) is 3.17. The lowest BCUT2D eigenvalue weighted by molar-refractivity contribution is 0.606. The SMILES string of the molecule is CCC(=Nc1ncnc2c1CCCC2)N(C)C. The standard InChI is InChI=1S/C13H20N4/c1-4-12(17(2)3)16-13-10-7-5-6-8-11(10)14-9-15-13/h9H,4-8H2,1-3H3. The monoisotopic (exact) mass is 232 g/mol. The number of nitrogens with zero attached hydrogens (tertiary/aromatic N) is 4. The van der Waals surface area contributed by atoms with E-state index in [-0.39, 0.29) is 0 Å². The van der Waals surface area contributed by atoms with Crippen LogP contribution in [0.1, 0.15) is 37.4 Å². The molecule has 92 valence electrons. The maximum atomic E-state index is 4.68. The molecule has 0 aliphatic heterocycles. The van der Waals surface area contributed by atoms with Crippen molar-refractivity contribution in [1.29, 1.82) is 0 Å². The van der Waals surface area contributed by atoms with E-state index < -0.39 is 0 Å². The van der Waals surface area contributed by atoms with E-state index in [2.05, 4.69) is 26.8 Å². The first-order chi connectivity index (χ1) is 8.22. The third kappa shape index (κ3) is 2.62. The van der Waals surface area contributed by atoms with Crippen LogP contribution in [0.15, 0.2) is 11.3 Å². The first kappa shape index (κ1) is 12.0. The zero-order valence-electron chi connectivity index (χ0n) is 10.9. The summed E-state index contributed by atoms with van der Waals surface area (Å²) in [5.41, 5.74) is 2.45. The molecule has 17 heavy (non-hydrogen) atoms. The van der Waals surface area contributed by atoms with E-state index in [9.17, 15) is 0 Å². The highest BCUT2D eigenvalue weighted by molar-refractivity contribution is 5.84. The van der Waals surface area contributed by atoms with Gasteiger partial charge in [0.05, 0.1) is 0 Å². The van der Waals surface area contributed by atoms with E-state index in [0.717, 1.165) is 30.9 Å². The van der Waals surface area contributed by atoms with Gasteiger partial charge in [-0.1, -0.05) is 6.92 Å². The van der Waals surface area contributed by atoms with Crippen LogP contribution in [0.25, 0.3) is 0 Å². The molecule has 1 aromatic heterocycles. The molecule has 0 saturated carbocycles. The summed E-state index contributed by atoms with van der Waals surface area (Å²) >= 11 is 0. The minimum Gasteiger partial charge on any atom is -0.366 e. The van der Waals surface area contributed by atoms with Crippen LogP contribution in [-0.2, 0) is 12.8 Å². The molecule has 0 amide bonds. The van der Waals surface area contributed by atoms with Crippen LogP contribution in [0.5, 0.6) is 0 Å². The molecule has 1 aromatic rings. The predicted octanol–water partition coefficient (Wildman–Crippen LogP) is 2.36. The average Bonchev–Trinajstić information content (AvgIpc) is 2.35. The van der Waals surface area contributed by atoms with Gasteiger partial charge in [-0.15, -0.1) is 0 Å². The molecule has 0 spiro atoms. The number of amidine groups is 1. The van der Waals surface area contributed by atoms with Gasteiger partial charge in [0, 0.05) is 31.8 Å². The van der Waals surface area contributed by atoms with Gasteiger partial charge in [-0.2, -0.15) is 0 Å². The Hall–Kier alpha value is -1.45. The molecule has 0 N–H and O–H groups in total. The molecule has 0 atom stereocenters. The van der Waals surface area contributed by atoms with E-state index in [0.29, 0.717) is 0 Å². The van der Waals surface area contributed by atoms with Gasteiger partial charge in [0.1, 0.15) is 12.2 Å². The Morgan fingerprint density at radius 2 is 2.06 bits per heavy atom. The van der Waals surface area contributed by atoms with Gasteiger partial charge >= 0.3 is 0 Å². The Morgan fingerprint density at radius 1 is 1.29 bits per heavy atom. The number of hydrogen-bond acceptors (Lipinski definition) is 3. The second-order valence-corrected chi connectivity index (χ2v) is 4.61. The van der Waals surface area contributed by atoms with Gasteiger partial charge in [-0.25, -0.2) is 15.0 Å². The lowest BCUT2D eigenvalue weighted by Crippen LogP contribution is -2.21. The minimum absolute atomic E-state index is 0.875. The fourth-order valence-corrected chi connectivity index (χ4v) is 2.22. The van der Waals surface area contributed by atoms with Gasteiger partial charge in [0.15, 0.2) is 5.82 Å². The summed E-state index contributed by atoms with van der Waals surface area (Å²) in [5.74, 6) is 1.94. The quantitative estimate of drug-likeness (QED) is 0.580. The van der Waals surface area contributed by atoms with Crippen molar-refractivity contribution in [3.05, 3.63) is 17.6 Å². The number of rotatable bonds is 2. The number of aryl methyl sites for hydroxylation is 1. The van der Waals surface area contributed by atoms with Crippen molar-refractivity contribution in [2.45, 2.75) is 39.0 Å². The van der Waals surface area contributed by atoms with E-state index in [4.69, 9.17) is 0 Å². The molecule has 0 fully saturated rings. The van der Waals surface area contributed by atoms with Crippen LogP contribution < -0.4 is 0 Å². The number of aliphatic imine (C=N–C) groups is 1. The number of aromatic nitrogens is 2. The Kier molecular flexibility index (Phi) is 3.71. The molecule has 1 heterocycles. The van der Waals surface area contributed by atoms with Crippen molar-refractivity contribution in [3.63, 3.8) is 0 Å². The van der Waals surface area contributed by atoms with Crippen LogP contribution in [0, 0.1) is 0 Å². The highest BCUT2D eigenvalue weighted by atomic mass is 15.1. The first-order valence-electron chi connectivity index (χ1n) is 6.30. The molecular weight excluding hydrogens is 212 g/mol. The second kappa shape index (κ2) is 5.25. The zero-order valence-corrected chi connectivity index (χ0v) is 10.9. The van der Waals surface area contributed by atoms with E-state index in [1.807, 2.05) is 14.1 Å². The summed E-state index contributed by atoms with van der Waals surface area (Å²) < 4.78 is 0. The van der Waals surface area contributed by atoms with Gasteiger partial charge in [-0.05, 0) is 25.7 Å². The van der Waals surface area contributed by atoms with Crippen LogP contribution >= 0.6 is 0 Å². The molecule has 0 bridgehead atoms. The smallest absolute Gasteiger partial charge is 0.160 e. The Morgan fingerprint density at radius 3 is 2.76 bits per heavy atom. The lowest BCUT2D eigenvalue weighted by atomic mass is 9.96. The highest BCUT2D eigenvalue weighted by Gasteiger charge is 2.15. The van der Waals surface area contributed by atoms with Crippen molar-refractivity contribution >= 4 is 11.7 Å². The molecule has 1 aliphatic rings. The van der Waals surface area contributed by atoms with Crippen LogP contribution in [0.4, 0.5) is 5.82 Å². The average molecular weight is 232 g/mol. The molecule has 2 rings (SSSR count). The fraction of sp³-hybridized carbons (Fsp3) is 0.615. The van der Waals surface area contributed by atoms with Crippen LogP contribution in [0.3, 0.4) is 0 Å². The van der Waals surface area contributed by atoms with Crippen molar-refractivity contribution in [3.8, 4) is 0 Å². The van der Waals surface area contributed by atoms with Gasteiger partial charge in [-0.3, -0.25) is 0 Å². The number of fused-ring (bicyclic) bond motifs is 1. The van der Waals surface area contributed by atoms with Gasteiger partial charge in [0.25, 0.3) is 0 Å². The number of hydrogen-bond donors (Lipinski definition) is 0. The largest absolute Gasteiger partial charge is 0.366 e. The summed E-state index contributed by atoms with van der Waals surface area (Å²) in [4.78, 5) is 15.4. The van der Waals surface area contributed by atoms with E-state index >= 15 is 0 Å². The summed E-state index contributed by atoms with van der Waals surface area (Å²) in [6.07, 6.45) is 7.18. The minimum atomic E-state index is 0.875.